The zero-order valence-corrected chi connectivity index (χ0v) is 8.82. The standard InChI is InChI=1S/C13H17NO/c15-10-6-5-9-8-14-13-4-2-1-3-11(13)12(9)7-10/h4-7,9,11-12,14-15H,1-3,8H2. The van der Waals surface area contributed by atoms with E-state index in [0.717, 1.165) is 6.54 Å². The van der Waals surface area contributed by atoms with Crippen molar-refractivity contribution in [3.63, 3.8) is 0 Å². The molecule has 0 amide bonds. The first-order chi connectivity index (χ1) is 7.34. The summed E-state index contributed by atoms with van der Waals surface area (Å²) in [5.41, 5.74) is 1.42. The number of hydrogen-bond donors (Lipinski definition) is 2. The summed E-state index contributed by atoms with van der Waals surface area (Å²) in [5.74, 6) is 2.15. The molecule has 0 aromatic rings. The molecule has 0 bridgehead atoms. The van der Waals surface area contributed by atoms with Gasteiger partial charge in [-0.2, -0.15) is 0 Å². The summed E-state index contributed by atoms with van der Waals surface area (Å²) in [7, 11) is 0. The van der Waals surface area contributed by atoms with E-state index in [1.54, 1.807) is 0 Å². The van der Waals surface area contributed by atoms with Crippen molar-refractivity contribution in [2.45, 2.75) is 19.3 Å². The van der Waals surface area contributed by atoms with Gasteiger partial charge in [-0.05, 0) is 37.3 Å². The van der Waals surface area contributed by atoms with Crippen LogP contribution in [0.25, 0.3) is 0 Å². The predicted molar refractivity (Wildman–Crippen MR) is 60.3 cm³/mol. The van der Waals surface area contributed by atoms with E-state index in [1.807, 2.05) is 6.08 Å². The summed E-state index contributed by atoms with van der Waals surface area (Å²) in [6.07, 6.45) is 12.1. The summed E-state index contributed by atoms with van der Waals surface area (Å²) >= 11 is 0. The van der Waals surface area contributed by atoms with Crippen LogP contribution in [0.4, 0.5) is 0 Å². The Kier molecular flexibility index (Phi) is 2.08. The quantitative estimate of drug-likeness (QED) is 0.634. The maximum Gasteiger partial charge on any atom is 0.111 e. The fraction of sp³-hybridized carbons (Fsp3) is 0.538. The molecule has 2 heteroatoms. The molecule has 1 aliphatic heterocycles. The Hall–Kier alpha value is -1.18. The van der Waals surface area contributed by atoms with Gasteiger partial charge in [0.1, 0.15) is 5.76 Å². The lowest BCUT2D eigenvalue weighted by Gasteiger charge is -2.41. The highest BCUT2D eigenvalue weighted by Gasteiger charge is 2.35. The van der Waals surface area contributed by atoms with Crippen LogP contribution in [0.15, 0.2) is 35.8 Å². The van der Waals surface area contributed by atoms with Gasteiger partial charge in [-0.1, -0.05) is 12.2 Å². The van der Waals surface area contributed by atoms with Crippen molar-refractivity contribution in [1.82, 2.24) is 5.32 Å². The third-order valence-corrected chi connectivity index (χ3v) is 3.86. The van der Waals surface area contributed by atoms with Crippen LogP contribution in [0.3, 0.4) is 0 Å². The minimum absolute atomic E-state index is 0.447. The number of rotatable bonds is 0. The van der Waals surface area contributed by atoms with E-state index < -0.39 is 0 Å². The zero-order valence-electron chi connectivity index (χ0n) is 8.82. The molecule has 2 N–H and O–H groups in total. The van der Waals surface area contributed by atoms with Crippen LogP contribution in [0, 0.1) is 17.8 Å². The molecule has 0 saturated carbocycles. The number of nitrogens with one attached hydrogen (secondary N) is 1. The van der Waals surface area contributed by atoms with Crippen molar-refractivity contribution < 1.29 is 5.11 Å². The highest BCUT2D eigenvalue weighted by molar-refractivity contribution is 5.26. The van der Waals surface area contributed by atoms with E-state index in [9.17, 15) is 5.11 Å². The third-order valence-electron chi connectivity index (χ3n) is 3.86. The highest BCUT2D eigenvalue weighted by Crippen LogP contribution is 2.40. The summed E-state index contributed by atoms with van der Waals surface area (Å²) < 4.78 is 0. The second-order valence-electron chi connectivity index (χ2n) is 4.77. The molecule has 3 rings (SSSR count). The summed E-state index contributed by atoms with van der Waals surface area (Å²) in [4.78, 5) is 0. The van der Waals surface area contributed by atoms with Crippen LogP contribution in [-0.2, 0) is 0 Å². The van der Waals surface area contributed by atoms with E-state index >= 15 is 0 Å². The molecule has 2 aliphatic carbocycles. The average molecular weight is 203 g/mol. The molecule has 80 valence electrons. The van der Waals surface area contributed by atoms with Gasteiger partial charge in [0.15, 0.2) is 0 Å². The van der Waals surface area contributed by atoms with Crippen LogP contribution in [0.1, 0.15) is 19.3 Å². The molecular weight excluding hydrogens is 186 g/mol. The molecule has 1 fully saturated rings. The Morgan fingerprint density at radius 2 is 2.33 bits per heavy atom. The van der Waals surface area contributed by atoms with E-state index in [-0.39, 0.29) is 0 Å². The van der Waals surface area contributed by atoms with Crippen LogP contribution < -0.4 is 5.32 Å². The molecule has 0 aromatic heterocycles. The molecule has 3 atom stereocenters. The topological polar surface area (TPSA) is 32.3 Å². The molecule has 2 nitrogen and oxygen atoms in total. The second kappa shape index (κ2) is 3.44. The first-order valence-corrected chi connectivity index (χ1v) is 5.87. The Labute approximate surface area is 90.4 Å². The summed E-state index contributed by atoms with van der Waals surface area (Å²) in [5, 5.41) is 13.1. The Bertz CT molecular complexity index is 354. The number of aliphatic hydroxyl groups excluding tert-OH is 1. The number of fused-ring (bicyclic) bond motifs is 3. The fourth-order valence-electron chi connectivity index (χ4n) is 3.09. The van der Waals surface area contributed by atoms with E-state index in [2.05, 4.69) is 23.5 Å². The molecule has 3 aliphatic rings. The molecule has 1 heterocycles. The molecule has 0 radical (unpaired) electrons. The second-order valence-corrected chi connectivity index (χ2v) is 4.77. The van der Waals surface area contributed by atoms with Gasteiger partial charge in [0.2, 0.25) is 0 Å². The SMILES string of the molecule is OC1=CC2C(C=C1)CNC1=CCCCC12. The number of allylic oxidation sites excluding steroid dienone is 4. The van der Waals surface area contributed by atoms with E-state index in [1.165, 1.54) is 25.0 Å². The van der Waals surface area contributed by atoms with Crippen molar-refractivity contribution in [1.29, 1.82) is 0 Å². The van der Waals surface area contributed by atoms with Gasteiger partial charge in [0, 0.05) is 24.1 Å². The van der Waals surface area contributed by atoms with Gasteiger partial charge in [0.25, 0.3) is 0 Å². The molecule has 1 saturated heterocycles. The van der Waals surface area contributed by atoms with Gasteiger partial charge < -0.3 is 10.4 Å². The third kappa shape index (κ3) is 1.48. The number of piperidine rings is 1. The Morgan fingerprint density at radius 3 is 3.27 bits per heavy atom. The maximum atomic E-state index is 9.57. The first kappa shape index (κ1) is 9.08. The lowest BCUT2D eigenvalue weighted by atomic mass is 9.71. The Balaban J connectivity index is 1.92. The van der Waals surface area contributed by atoms with Crippen molar-refractivity contribution in [3.05, 3.63) is 35.8 Å². The molecule has 0 aromatic carbocycles. The molecular formula is C13H17NO. The van der Waals surface area contributed by atoms with Gasteiger partial charge in [-0.25, -0.2) is 0 Å². The van der Waals surface area contributed by atoms with Gasteiger partial charge in [-0.15, -0.1) is 0 Å². The predicted octanol–water partition coefficient (Wildman–Crippen LogP) is 2.52. The van der Waals surface area contributed by atoms with Crippen LogP contribution in [-0.4, -0.2) is 11.7 Å². The molecule has 15 heavy (non-hydrogen) atoms. The van der Waals surface area contributed by atoms with Gasteiger partial charge >= 0.3 is 0 Å². The largest absolute Gasteiger partial charge is 0.508 e. The minimum atomic E-state index is 0.447. The lowest BCUT2D eigenvalue weighted by molar-refractivity contribution is 0.254. The smallest absolute Gasteiger partial charge is 0.111 e. The van der Waals surface area contributed by atoms with Crippen LogP contribution in [0.5, 0.6) is 0 Å². The molecule has 0 spiro atoms. The highest BCUT2D eigenvalue weighted by atomic mass is 16.3. The average Bonchev–Trinajstić information content (AvgIpc) is 2.29. The fourth-order valence-corrected chi connectivity index (χ4v) is 3.09. The zero-order chi connectivity index (χ0) is 10.3. The van der Waals surface area contributed by atoms with Crippen molar-refractivity contribution in [2.24, 2.45) is 17.8 Å². The maximum absolute atomic E-state index is 9.57. The first-order valence-electron chi connectivity index (χ1n) is 5.87. The van der Waals surface area contributed by atoms with Crippen molar-refractivity contribution in [2.75, 3.05) is 6.54 Å². The summed E-state index contributed by atoms with van der Waals surface area (Å²) in [6, 6.07) is 0. The number of aliphatic hydroxyl groups is 1. The molecule has 3 unspecified atom stereocenters. The lowest BCUT2D eigenvalue weighted by Crippen LogP contribution is -2.42. The van der Waals surface area contributed by atoms with E-state index in [0.29, 0.717) is 23.5 Å². The van der Waals surface area contributed by atoms with Crippen molar-refractivity contribution >= 4 is 0 Å². The van der Waals surface area contributed by atoms with E-state index in [4.69, 9.17) is 0 Å². The summed E-state index contributed by atoms with van der Waals surface area (Å²) in [6.45, 7) is 1.02. The Morgan fingerprint density at radius 1 is 1.40 bits per heavy atom. The van der Waals surface area contributed by atoms with Crippen molar-refractivity contribution in [3.8, 4) is 0 Å². The van der Waals surface area contributed by atoms with Gasteiger partial charge in [-0.3, -0.25) is 0 Å². The number of hydrogen-bond acceptors (Lipinski definition) is 2. The van der Waals surface area contributed by atoms with Crippen LogP contribution in [0.2, 0.25) is 0 Å². The normalized spacial score (nSPS) is 38.3. The monoisotopic (exact) mass is 203 g/mol. The van der Waals surface area contributed by atoms with Crippen LogP contribution >= 0.6 is 0 Å². The van der Waals surface area contributed by atoms with Gasteiger partial charge in [0.05, 0.1) is 0 Å². The minimum Gasteiger partial charge on any atom is -0.508 e.